The normalized spacial score (nSPS) is 25.9. The first-order chi connectivity index (χ1) is 12.2. The van der Waals surface area contributed by atoms with Gasteiger partial charge in [0.05, 0.1) is 14.2 Å². The van der Waals surface area contributed by atoms with Gasteiger partial charge in [0.1, 0.15) is 34.5 Å². The topological polar surface area (TPSA) is 105 Å². The Morgan fingerprint density at radius 3 is 2.31 bits per heavy atom. The van der Waals surface area contributed by atoms with Crippen molar-refractivity contribution in [3.8, 4) is 11.5 Å². The van der Waals surface area contributed by atoms with Gasteiger partial charge in [-0.25, -0.2) is 4.79 Å². The van der Waals surface area contributed by atoms with Gasteiger partial charge in [0.25, 0.3) is 5.91 Å². The Balaban J connectivity index is 1.83. The molecule has 0 spiro atoms. The summed E-state index contributed by atoms with van der Waals surface area (Å²) >= 11 is 1.37. The van der Waals surface area contributed by atoms with E-state index >= 15 is 0 Å². The maximum absolute atomic E-state index is 12.8. The highest BCUT2D eigenvalue weighted by Crippen LogP contribution is 2.50. The summed E-state index contributed by atoms with van der Waals surface area (Å²) in [5.74, 6) is -1.30. The first-order valence-electron chi connectivity index (χ1n) is 7.97. The SMILES string of the molecule is COc1cccc(OC)c1C(=O)N[C@@H]1C(=O)N2[C@@H]1SC(C)(C)[C@H]2C(=O)O. The van der Waals surface area contributed by atoms with Crippen LogP contribution in [0.15, 0.2) is 18.2 Å². The molecule has 3 rings (SSSR count). The molecule has 9 heteroatoms. The Morgan fingerprint density at radius 2 is 1.81 bits per heavy atom. The molecular weight excluding hydrogens is 360 g/mol. The van der Waals surface area contributed by atoms with Crippen molar-refractivity contribution >= 4 is 29.5 Å². The Morgan fingerprint density at radius 1 is 1.23 bits per heavy atom. The number of nitrogens with zero attached hydrogens (tertiary/aromatic N) is 1. The minimum Gasteiger partial charge on any atom is -0.496 e. The van der Waals surface area contributed by atoms with Crippen LogP contribution in [0.1, 0.15) is 24.2 Å². The number of carboxylic acid groups (broad SMARTS) is 1. The third kappa shape index (κ3) is 2.66. The molecule has 2 aliphatic heterocycles. The fourth-order valence-electron chi connectivity index (χ4n) is 3.43. The lowest BCUT2D eigenvalue weighted by molar-refractivity contribution is -0.159. The number of nitrogens with one attached hydrogen (secondary N) is 1. The number of fused-ring (bicyclic) bond motifs is 1. The minimum atomic E-state index is -1.05. The highest BCUT2D eigenvalue weighted by molar-refractivity contribution is 8.01. The fraction of sp³-hybridized carbons (Fsp3) is 0.471. The van der Waals surface area contributed by atoms with Gasteiger partial charge < -0.3 is 24.8 Å². The number of carbonyl (C=O) groups excluding carboxylic acids is 2. The van der Waals surface area contributed by atoms with Crippen LogP contribution in [0.3, 0.4) is 0 Å². The van der Waals surface area contributed by atoms with Crippen molar-refractivity contribution in [1.82, 2.24) is 10.2 Å². The summed E-state index contributed by atoms with van der Waals surface area (Å²) in [6.45, 7) is 3.56. The first kappa shape index (κ1) is 18.4. The second kappa shape index (κ2) is 6.39. The van der Waals surface area contributed by atoms with Crippen LogP contribution in [-0.4, -0.2) is 64.2 Å². The molecule has 0 aromatic heterocycles. The zero-order chi connectivity index (χ0) is 19.2. The van der Waals surface area contributed by atoms with Crippen LogP contribution >= 0.6 is 11.8 Å². The first-order valence-corrected chi connectivity index (χ1v) is 8.85. The number of aliphatic carboxylic acids is 1. The summed E-state index contributed by atoms with van der Waals surface area (Å²) in [5, 5.41) is 11.7. The molecule has 140 valence electrons. The van der Waals surface area contributed by atoms with Gasteiger partial charge in [-0.2, -0.15) is 0 Å². The summed E-state index contributed by atoms with van der Waals surface area (Å²) < 4.78 is 9.79. The fourth-order valence-corrected chi connectivity index (χ4v) is 5.06. The van der Waals surface area contributed by atoms with Gasteiger partial charge in [-0.1, -0.05) is 6.07 Å². The predicted octanol–water partition coefficient (Wildman–Crippen LogP) is 0.949. The van der Waals surface area contributed by atoms with Gasteiger partial charge in [0.2, 0.25) is 5.91 Å². The number of rotatable bonds is 5. The molecule has 1 aromatic rings. The number of carboxylic acids is 1. The second-order valence-corrected chi connectivity index (χ2v) is 8.36. The number of hydrogen-bond donors (Lipinski definition) is 2. The lowest BCUT2D eigenvalue weighted by atomic mass is 9.96. The van der Waals surface area contributed by atoms with Crippen molar-refractivity contribution < 1.29 is 29.0 Å². The predicted molar refractivity (Wildman–Crippen MR) is 94.5 cm³/mol. The lowest BCUT2D eigenvalue weighted by Gasteiger charge is -2.43. The number of benzene rings is 1. The molecule has 2 fully saturated rings. The van der Waals surface area contributed by atoms with Gasteiger partial charge in [-0.15, -0.1) is 11.8 Å². The Bertz CT molecular complexity index is 758. The highest BCUT2D eigenvalue weighted by Gasteiger charge is 2.64. The van der Waals surface area contributed by atoms with E-state index in [0.29, 0.717) is 11.5 Å². The largest absolute Gasteiger partial charge is 0.496 e. The van der Waals surface area contributed by atoms with Gasteiger partial charge in [-0.05, 0) is 26.0 Å². The molecule has 3 atom stereocenters. The molecule has 8 nitrogen and oxygen atoms in total. The molecular formula is C17H20N2O6S. The average Bonchev–Trinajstić information content (AvgIpc) is 2.86. The third-order valence-electron chi connectivity index (χ3n) is 4.62. The van der Waals surface area contributed by atoms with E-state index in [-0.39, 0.29) is 5.56 Å². The van der Waals surface area contributed by atoms with Crippen molar-refractivity contribution in [2.75, 3.05) is 14.2 Å². The smallest absolute Gasteiger partial charge is 0.327 e. The standard InChI is InChI=1S/C17H20N2O6S/c1-17(2)12(16(22)23)19-14(21)11(15(19)26-17)18-13(20)10-8(24-3)6-5-7-9(10)25-4/h5-7,11-12,15H,1-4H3,(H,18,20)(H,22,23)/t11-,12-,15-/m1/s1. The zero-order valence-electron chi connectivity index (χ0n) is 14.8. The molecule has 26 heavy (non-hydrogen) atoms. The lowest BCUT2D eigenvalue weighted by Crippen LogP contribution is -2.70. The van der Waals surface area contributed by atoms with Crippen molar-refractivity contribution in [2.24, 2.45) is 0 Å². The number of thioether (sulfide) groups is 1. The molecule has 0 saturated carbocycles. The van der Waals surface area contributed by atoms with Crippen LogP contribution in [0.25, 0.3) is 0 Å². The number of methoxy groups -OCH3 is 2. The quantitative estimate of drug-likeness (QED) is 0.733. The monoisotopic (exact) mass is 380 g/mol. The van der Waals surface area contributed by atoms with Crippen LogP contribution < -0.4 is 14.8 Å². The number of carbonyl (C=O) groups is 3. The van der Waals surface area contributed by atoms with Gasteiger partial charge >= 0.3 is 5.97 Å². The van der Waals surface area contributed by atoms with E-state index in [1.807, 2.05) is 0 Å². The number of ether oxygens (including phenoxy) is 2. The number of hydrogen-bond acceptors (Lipinski definition) is 6. The molecule has 2 heterocycles. The van der Waals surface area contributed by atoms with E-state index in [4.69, 9.17) is 9.47 Å². The van der Waals surface area contributed by atoms with Crippen LogP contribution in [-0.2, 0) is 9.59 Å². The Kier molecular flexibility index (Phi) is 4.51. The average molecular weight is 380 g/mol. The van der Waals surface area contributed by atoms with E-state index in [9.17, 15) is 19.5 Å². The van der Waals surface area contributed by atoms with E-state index < -0.39 is 40.0 Å². The Labute approximate surface area is 154 Å². The molecule has 2 amide bonds. The molecule has 1 aromatic carbocycles. The maximum atomic E-state index is 12.8. The van der Waals surface area contributed by atoms with E-state index in [1.54, 1.807) is 32.0 Å². The molecule has 2 saturated heterocycles. The van der Waals surface area contributed by atoms with E-state index in [1.165, 1.54) is 30.9 Å². The molecule has 0 bridgehead atoms. The van der Waals surface area contributed by atoms with Crippen molar-refractivity contribution in [3.63, 3.8) is 0 Å². The van der Waals surface area contributed by atoms with Crippen LogP contribution in [0.5, 0.6) is 11.5 Å². The van der Waals surface area contributed by atoms with Gasteiger partial charge in [-0.3, -0.25) is 9.59 Å². The summed E-state index contributed by atoms with van der Waals surface area (Å²) in [7, 11) is 2.88. The third-order valence-corrected chi connectivity index (χ3v) is 6.19. The molecule has 0 radical (unpaired) electrons. The van der Waals surface area contributed by atoms with Crippen molar-refractivity contribution in [2.45, 2.75) is 36.1 Å². The minimum absolute atomic E-state index is 0.195. The maximum Gasteiger partial charge on any atom is 0.327 e. The van der Waals surface area contributed by atoms with E-state index in [2.05, 4.69) is 5.32 Å². The second-order valence-electron chi connectivity index (χ2n) is 6.59. The van der Waals surface area contributed by atoms with E-state index in [0.717, 1.165) is 0 Å². The summed E-state index contributed by atoms with van der Waals surface area (Å²) in [6.07, 6.45) is 0. The van der Waals surface area contributed by atoms with Crippen LogP contribution in [0.4, 0.5) is 0 Å². The van der Waals surface area contributed by atoms with Gasteiger partial charge in [0, 0.05) is 4.75 Å². The Hall–Kier alpha value is -2.42. The molecule has 2 aliphatic rings. The summed E-state index contributed by atoms with van der Waals surface area (Å²) in [6, 6.07) is 3.24. The molecule has 2 N–H and O–H groups in total. The number of β-lactam (4-membered cyclic amide) rings is 1. The summed E-state index contributed by atoms with van der Waals surface area (Å²) in [4.78, 5) is 38.1. The molecule has 0 unspecified atom stereocenters. The van der Waals surface area contributed by atoms with Crippen LogP contribution in [0, 0.1) is 0 Å². The van der Waals surface area contributed by atoms with Crippen molar-refractivity contribution in [3.05, 3.63) is 23.8 Å². The summed E-state index contributed by atoms with van der Waals surface area (Å²) in [5.41, 5.74) is 0.195. The van der Waals surface area contributed by atoms with Crippen molar-refractivity contribution in [1.29, 1.82) is 0 Å². The van der Waals surface area contributed by atoms with Gasteiger partial charge in [0.15, 0.2) is 0 Å². The number of amides is 2. The zero-order valence-corrected chi connectivity index (χ0v) is 15.6. The highest BCUT2D eigenvalue weighted by atomic mass is 32.2. The van der Waals surface area contributed by atoms with Crippen LogP contribution in [0.2, 0.25) is 0 Å². The molecule has 0 aliphatic carbocycles.